The monoisotopic (exact) mass is 164 g/mol. The Bertz CT molecular complexity index is 280. The van der Waals surface area contributed by atoms with Crippen molar-refractivity contribution in [2.45, 2.75) is 0 Å². The van der Waals surface area contributed by atoms with Gasteiger partial charge >= 0.3 is 0 Å². The molecule has 0 saturated heterocycles. The van der Waals surface area contributed by atoms with Gasteiger partial charge in [0, 0.05) is 19.8 Å². The molecule has 0 aliphatic rings. The molecule has 0 spiro atoms. The summed E-state index contributed by atoms with van der Waals surface area (Å²) >= 11 is 0. The van der Waals surface area contributed by atoms with E-state index in [2.05, 4.69) is 10.3 Å². The van der Waals surface area contributed by atoms with Crippen molar-refractivity contribution in [3.8, 4) is 0 Å². The van der Waals surface area contributed by atoms with Crippen LogP contribution in [0.3, 0.4) is 0 Å². The third-order valence-electron chi connectivity index (χ3n) is 1.21. The molecule has 4 heteroatoms. The molecule has 1 aromatic carbocycles. The summed E-state index contributed by atoms with van der Waals surface area (Å²) in [7, 11) is 3.63. The summed E-state index contributed by atoms with van der Waals surface area (Å²) in [6.07, 6.45) is 0. The van der Waals surface area contributed by atoms with E-state index >= 15 is 0 Å². The molecule has 0 atom stereocenters. The van der Waals surface area contributed by atoms with Crippen molar-refractivity contribution < 1.29 is 0 Å². The minimum absolute atomic E-state index is 0.699. The van der Waals surface area contributed by atoms with E-state index in [0.717, 1.165) is 5.69 Å². The Kier molecular flexibility index (Phi) is 2.63. The molecule has 1 aromatic rings. The lowest BCUT2D eigenvalue weighted by Crippen LogP contribution is -1.98. The Hall–Kier alpha value is -1.58. The summed E-state index contributed by atoms with van der Waals surface area (Å²) in [5.74, 6) is 0. The van der Waals surface area contributed by atoms with Crippen LogP contribution in [0.5, 0.6) is 0 Å². The maximum Gasteiger partial charge on any atom is 0.0894 e. The van der Waals surface area contributed by atoms with Crippen molar-refractivity contribution in [2.24, 2.45) is 10.3 Å². The van der Waals surface area contributed by atoms with Crippen LogP contribution >= 0.6 is 0 Å². The molecule has 12 heavy (non-hydrogen) atoms. The summed E-state index contributed by atoms with van der Waals surface area (Å²) in [6.45, 7) is 0. The highest BCUT2D eigenvalue weighted by Gasteiger charge is 1.89. The van der Waals surface area contributed by atoms with Crippen LogP contribution in [0, 0.1) is 0 Å². The number of hydrogen-bond acceptors (Lipinski definition) is 3. The minimum atomic E-state index is 0.699. The average molecular weight is 164 g/mol. The van der Waals surface area contributed by atoms with Crippen LogP contribution in [0.15, 0.2) is 34.6 Å². The zero-order valence-corrected chi connectivity index (χ0v) is 7.23. The molecule has 64 valence electrons. The Labute approximate surface area is 71.7 Å². The van der Waals surface area contributed by atoms with Gasteiger partial charge in [-0.05, 0) is 18.2 Å². The first kappa shape index (κ1) is 8.52. The van der Waals surface area contributed by atoms with Gasteiger partial charge in [0.2, 0.25) is 0 Å². The molecule has 1 rings (SSSR count). The lowest BCUT2D eigenvalue weighted by molar-refractivity contribution is 0.408. The fourth-order valence-corrected chi connectivity index (χ4v) is 0.728. The van der Waals surface area contributed by atoms with Crippen LogP contribution in [0.4, 0.5) is 11.4 Å². The topological polar surface area (TPSA) is 54.0 Å². The highest BCUT2D eigenvalue weighted by Crippen LogP contribution is 2.15. The molecule has 2 N–H and O–H groups in total. The number of anilines is 1. The van der Waals surface area contributed by atoms with Crippen molar-refractivity contribution in [3.05, 3.63) is 24.3 Å². The van der Waals surface area contributed by atoms with Gasteiger partial charge in [-0.1, -0.05) is 11.3 Å². The average Bonchev–Trinajstić information content (AvgIpc) is 2.01. The predicted octanol–water partition coefficient (Wildman–Crippen LogP) is 1.83. The van der Waals surface area contributed by atoms with Gasteiger partial charge in [0.05, 0.1) is 5.69 Å². The molecule has 0 saturated carbocycles. The van der Waals surface area contributed by atoms with E-state index in [9.17, 15) is 0 Å². The van der Waals surface area contributed by atoms with Crippen LogP contribution in [-0.4, -0.2) is 19.1 Å². The molecule has 0 unspecified atom stereocenters. The van der Waals surface area contributed by atoms with Crippen LogP contribution in [0.25, 0.3) is 0 Å². The summed E-state index contributed by atoms with van der Waals surface area (Å²) in [6, 6.07) is 7.28. The standard InChI is InChI=1S/C8H12N4/c1-12(2)11-10-8-5-3-4-7(9)6-8/h3-6H,9H2,1-2H3. The number of rotatable bonds is 2. The summed E-state index contributed by atoms with van der Waals surface area (Å²) in [5, 5.41) is 9.40. The maximum atomic E-state index is 5.55. The highest BCUT2D eigenvalue weighted by molar-refractivity contribution is 5.49. The van der Waals surface area contributed by atoms with Gasteiger partial charge in [-0.3, -0.25) is 5.01 Å². The van der Waals surface area contributed by atoms with Gasteiger partial charge in [-0.15, -0.1) is 5.11 Å². The van der Waals surface area contributed by atoms with E-state index in [1.165, 1.54) is 0 Å². The molecule has 0 amide bonds. The molecular formula is C8H12N4. The quantitative estimate of drug-likeness (QED) is 0.412. The van der Waals surface area contributed by atoms with Gasteiger partial charge < -0.3 is 5.73 Å². The van der Waals surface area contributed by atoms with Crippen LogP contribution < -0.4 is 5.73 Å². The van der Waals surface area contributed by atoms with E-state index in [4.69, 9.17) is 5.73 Å². The summed E-state index contributed by atoms with van der Waals surface area (Å²) in [4.78, 5) is 0. The predicted molar refractivity (Wildman–Crippen MR) is 49.1 cm³/mol. The molecular weight excluding hydrogens is 152 g/mol. The summed E-state index contributed by atoms with van der Waals surface area (Å²) in [5.41, 5.74) is 7.02. The fourth-order valence-electron chi connectivity index (χ4n) is 0.728. The Balaban J connectivity index is 2.76. The lowest BCUT2D eigenvalue weighted by atomic mass is 10.3. The summed E-state index contributed by atoms with van der Waals surface area (Å²) < 4.78 is 0. The highest BCUT2D eigenvalue weighted by atomic mass is 15.5. The normalized spacial score (nSPS) is 10.5. The van der Waals surface area contributed by atoms with Gasteiger partial charge in [0.1, 0.15) is 0 Å². The van der Waals surface area contributed by atoms with Crippen molar-refractivity contribution in [1.82, 2.24) is 5.01 Å². The molecule has 0 aliphatic heterocycles. The van der Waals surface area contributed by atoms with Gasteiger partial charge in [-0.25, -0.2) is 0 Å². The van der Waals surface area contributed by atoms with Crippen LogP contribution in [0.1, 0.15) is 0 Å². The molecule has 0 fully saturated rings. The number of nitrogens with two attached hydrogens (primary N) is 1. The minimum Gasteiger partial charge on any atom is -0.399 e. The van der Waals surface area contributed by atoms with Gasteiger partial charge in [0.15, 0.2) is 0 Å². The zero-order valence-electron chi connectivity index (χ0n) is 7.23. The van der Waals surface area contributed by atoms with E-state index in [1.807, 2.05) is 32.3 Å². The van der Waals surface area contributed by atoms with E-state index in [0.29, 0.717) is 5.69 Å². The first-order chi connectivity index (χ1) is 5.68. The van der Waals surface area contributed by atoms with Gasteiger partial charge in [-0.2, -0.15) is 0 Å². The maximum absolute atomic E-state index is 5.55. The molecule has 0 aliphatic carbocycles. The number of nitrogens with zero attached hydrogens (tertiary/aromatic N) is 3. The van der Waals surface area contributed by atoms with E-state index < -0.39 is 0 Å². The van der Waals surface area contributed by atoms with Crippen molar-refractivity contribution in [1.29, 1.82) is 0 Å². The van der Waals surface area contributed by atoms with Crippen LogP contribution in [0.2, 0.25) is 0 Å². The third kappa shape index (κ3) is 2.57. The lowest BCUT2D eigenvalue weighted by Gasteiger charge is -2.00. The number of nitrogen functional groups attached to an aromatic ring is 1. The van der Waals surface area contributed by atoms with E-state index in [-0.39, 0.29) is 0 Å². The second kappa shape index (κ2) is 3.71. The molecule has 0 heterocycles. The molecule has 0 aromatic heterocycles. The first-order valence-corrected chi connectivity index (χ1v) is 3.63. The fraction of sp³-hybridized carbons (Fsp3) is 0.250. The van der Waals surface area contributed by atoms with Crippen molar-refractivity contribution in [2.75, 3.05) is 19.8 Å². The Morgan fingerprint density at radius 2 is 2.08 bits per heavy atom. The third-order valence-corrected chi connectivity index (χ3v) is 1.21. The number of hydrogen-bond donors (Lipinski definition) is 1. The Morgan fingerprint density at radius 3 is 2.67 bits per heavy atom. The number of benzene rings is 1. The first-order valence-electron chi connectivity index (χ1n) is 3.63. The largest absolute Gasteiger partial charge is 0.399 e. The molecule has 4 nitrogen and oxygen atoms in total. The second-order valence-corrected chi connectivity index (χ2v) is 2.63. The zero-order chi connectivity index (χ0) is 8.97. The van der Waals surface area contributed by atoms with E-state index in [1.54, 1.807) is 11.1 Å². The smallest absolute Gasteiger partial charge is 0.0894 e. The van der Waals surface area contributed by atoms with Crippen LogP contribution in [-0.2, 0) is 0 Å². The van der Waals surface area contributed by atoms with Crippen molar-refractivity contribution in [3.63, 3.8) is 0 Å². The Morgan fingerprint density at radius 1 is 1.33 bits per heavy atom. The molecule has 0 bridgehead atoms. The SMILES string of the molecule is CN(C)N=Nc1cccc(N)c1. The molecule has 0 radical (unpaired) electrons. The van der Waals surface area contributed by atoms with Gasteiger partial charge in [0.25, 0.3) is 0 Å². The second-order valence-electron chi connectivity index (χ2n) is 2.63. The van der Waals surface area contributed by atoms with Crippen molar-refractivity contribution >= 4 is 11.4 Å².